The monoisotopic (exact) mass is 392 g/mol. The lowest BCUT2D eigenvalue weighted by molar-refractivity contribution is -0.119. The van der Waals surface area contributed by atoms with Crippen LogP contribution >= 0.6 is 11.8 Å². The molecule has 7 heteroatoms. The fraction of sp³-hybridized carbons (Fsp3) is 0.190. The zero-order chi connectivity index (χ0) is 19.3. The summed E-state index contributed by atoms with van der Waals surface area (Å²) in [5.41, 5.74) is 7.58. The molecule has 0 atom stereocenters. The highest BCUT2D eigenvalue weighted by molar-refractivity contribution is 7.99. The van der Waals surface area contributed by atoms with Gasteiger partial charge in [0.05, 0.1) is 17.6 Å². The summed E-state index contributed by atoms with van der Waals surface area (Å²) < 4.78 is 2.22. The Balaban J connectivity index is 1.37. The fourth-order valence-corrected chi connectivity index (χ4v) is 3.76. The van der Waals surface area contributed by atoms with Gasteiger partial charge in [-0.25, -0.2) is 4.98 Å². The number of hydrogen-bond acceptors (Lipinski definition) is 4. The lowest BCUT2D eigenvalue weighted by Gasteiger charge is -2.11. The van der Waals surface area contributed by atoms with Gasteiger partial charge in [0, 0.05) is 11.6 Å². The molecular weight excluding hydrogens is 372 g/mol. The second kappa shape index (κ2) is 8.31. The van der Waals surface area contributed by atoms with Gasteiger partial charge in [-0.1, -0.05) is 60.3 Å². The molecule has 0 bridgehead atoms. The van der Waals surface area contributed by atoms with E-state index >= 15 is 0 Å². The van der Waals surface area contributed by atoms with Gasteiger partial charge in [0.25, 0.3) is 5.91 Å². The molecule has 1 aliphatic rings. The molecule has 28 heavy (non-hydrogen) atoms. The van der Waals surface area contributed by atoms with Gasteiger partial charge in [-0.05, 0) is 30.5 Å². The van der Waals surface area contributed by atoms with Crippen LogP contribution in [0.4, 0.5) is 0 Å². The van der Waals surface area contributed by atoms with Crippen molar-refractivity contribution in [1.29, 1.82) is 0 Å². The van der Waals surface area contributed by atoms with Crippen LogP contribution in [0.2, 0.25) is 0 Å². The van der Waals surface area contributed by atoms with Crippen LogP contribution in [0.25, 0.3) is 11.3 Å². The van der Waals surface area contributed by atoms with Crippen LogP contribution < -0.4 is 10.9 Å². The van der Waals surface area contributed by atoms with Crippen molar-refractivity contribution in [3.63, 3.8) is 0 Å². The molecule has 1 saturated carbocycles. The van der Waals surface area contributed by atoms with Crippen molar-refractivity contribution in [1.82, 2.24) is 20.4 Å². The van der Waals surface area contributed by atoms with Crippen LogP contribution in [0.5, 0.6) is 0 Å². The summed E-state index contributed by atoms with van der Waals surface area (Å²) in [6.45, 7) is 0. The second-order valence-electron chi connectivity index (χ2n) is 6.55. The Kier molecular flexibility index (Phi) is 5.43. The summed E-state index contributed by atoms with van der Waals surface area (Å²) >= 11 is 1.37. The van der Waals surface area contributed by atoms with Crippen LogP contribution in [0.1, 0.15) is 29.2 Å². The van der Waals surface area contributed by atoms with E-state index in [2.05, 4.69) is 32.5 Å². The Hall–Kier alpha value is -3.06. The Bertz CT molecular complexity index is 969. The number of carbonyl (C=O) groups excluding carboxylic acids is 2. The van der Waals surface area contributed by atoms with Crippen molar-refractivity contribution in [3.8, 4) is 11.3 Å². The van der Waals surface area contributed by atoms with E-state index in [0.29, 0.717) is 11.6 Å². The molecule has 2 N–H and O–H groups in total. The number of nitrogens with zero attached hydrogens (tertiary/aromatic N) is 2. The molecule has 2 aromatic carbocycles. The first-order chi connectivity index (χ1) is 13.7. The average molecular weight is 392 g/mol. The molecule has 1 heterocycles. The summed E-state index contributed by atoms with van der Waals surface area (Å²) in [7, 11) is 0. The number of benzene rings is 2. The van der Waals surface area contributed by atoms with Gasteiger partial charge in [0.1, 0.15) is 0 Å². The van der Waals surface area contributed by atoms with Crippen molar-refractivity contribution in [2.24, 2.45) is 0 Å². The lowest BCUT2D eigenvalue weighted by atomic mass is 10.2. The van der Waals surface area contributed by atoms with Crippen LogP contribution in [0.3, 0.4) is 0 Å². The number of aromatic nitrogens is 2. The van der Waals surface area contributed by atoms with Gasteiger partial charge in [-0.15, -0.1) is 0 Å². The Labute approximate surface area is 167 Å². The summed E-state index contributed by atoms with van der Waals surface area (Å²) in [6.07, 6.45) is 4.12. The van der Waals surface area contributed by atoms with Gasteiger partial charge < -0.3 is 4.57 Å². The van der Waals surface area contributed by atoms with Gasteiger partial charge >= 0.3 is 0 Å². The zero-order valence-electron chi connectivity index (χ0n) is 15.2. The Morgan fingerprint density at radius 2 is 1.68 bits per heavy atom. The van der Waals surface area contributed by atoms with Gasteiger partial charge in [0.2, 0.25) is 5.91 Å². The van der Waals surface area contributed by atoms with Gasteiger partial charge in [-0.3, -0.25) is 20.4 Å². The molecule has 6 nitrogen and oxygen atoms in total. The molecule has 3 aromatic rings. The second-order valence-corrected chi connectivity index (χ2v) is 7.49. The Morgan fingerprint density at radius 3 is 2.36 bits per heavy atom. The third kappa shape index (κ3) is 4.26. The maximum absolute atomic E-state index is 12.1. The van der Waals surface area contributed by atoms with Gasteiger partial charge in [-0.2, -0.15) is 0 Å². The highest BCUT2D eigenvalue weighted by Crippen LogP contribution is 2.41. The highest BCUT2D eigenvalue weighted by atomic mass is 32.2. The predicted molar refractivity (Wildman–Crippen MR) is 109 cm³/mol. The van der Waals surface area contributed by atoms with E-state index in [0.717, 1.165) is 29.3 Å². The number of amides is 2. The zero-order valence-corrected chi connectivity index (χ0v) is 16.0. The van der Waals surface area contributed by atoms with Crippen LogP contribution in [0, 0.1) is 0 Å². The van der Waals surface area contributed by atoms with E-state index in [1.54, 1.807) is 24.3 Å². The number of thioether (sulfide) groups is 1. The maximum atomic E-state index is 12.1. The molecule has 1 aliphatic carbocycles. The largest absolute Gasteiger partial charge is 0.316 e. The Morgan fingerprint density at radius 1 is 1.00 bits per heavy atom. The molecule has 0 spiro atoms. The molecule has 142 valence electrons. The molecule has 0 aliphatic heterocycles. The summed E-state index contributed by atoms with van der Waals surface area (Å²) in [5.74, 6) is -0.446. The number of nitrogens with one attached hydrogen (secondary N) is 2. The van der Waals surface area contributed by atoms with E-state index < -0.39 is 0 Å². The van der Waals surface area contributed by atoms with E-state index in [1.165, 1.54) is 11.8 Å². The van der Waals surface area contributed by atoms with Crippen molar-refractivity contribution in [3.05, 3.63) is 72.4 Å². The molecular formula is C21H20N4O2S. The SMILES string of the molecule is O=C(CSc1ncc(-c2ccccc2)n1C1CC1)NNC(=O)c1ccccc1. The lowest BCUT2D eigenvalue weighted by Crippen LogP contribution is -2.42. The van der Waals surface area contributed by atoms with E-state index in [-0.39, 0.29) is 17.6 Å². The molecule has 0 saturated heterocycles. The summed E-state index contributed by atoms with van der Waals surface area (Å²) in [4.78, 5) is 28.7. The molecule has 0 unspecified atom stereocenters. The third-order valence-corrected chi connectivity index (χ3v) is 5.40. The normalized spacial score (nSPS) is 13.1. The first kappa shape index (κ1) is 18.3. The first-order valence-corrected chi connectivity index (χ1v) is 10.1. The molecule has 0 radical (unpaired) electrons. The summed E-state index contributed by atoms with van der Waals surface area (Å²) in [5, 5.41) is 0.825. The molecule has 1 aromatic heterocycles. The smallest absolute Gasteiger partial charge is 0.269 e. The van der Waals surface area contributed by atoms with E-state index in [1.807, 2.05) is 30.5 Å². The van der Waals surface area contributed by atoms with Crippen molar-refractivity contribution >= 4 is 23.6 Å². The fourth-order valence-electron chi connectivity index (χ4n) is 2.91. The van der Waals surface area contributed by atoms with Crippen molar-refractivity contribution < 1.29 is 9.59 Å². The highest BCUT2D eigenvalue weighted by Gasteiger charge is 2.29. The van der Waals surface area contributed by atoms with Crippen LogP contribution in [0.15, 0.2) is 72.0 Å². The molecule has 1 fully saturated rings. The third-order valence-electron chi connectivity index (χ3n) is 4.43. The van der Waals surface area contributed by atoms with Crippen molar-refractivity contribution in [2.45, 2.75) is 24.0 Å². The minimum Gasteiger partial charge on any atom is -0.316 e. The average Bonchev–Trinajstić information content (AvgIpc) is 3.50. The van der Waals surface area contributed by atoms with Gasteiger partial charge in [0.15, 0.2) is 5.16 Å². The van der Waals surface area contributed by atoms with E-state index in [9.17, 15) is 9.59 Å². The minimum atomic E-state index is -0.343. The van der Waals surface area contributed by atoms with Crippen molar-refractivity contribution in [2.75, 3.05) is 5.75 Å². The first-order valence-electron chi connectivity index (χ1n) is 9.12. The number of carbonyl (C=O) groups is 2. The maximum Gasteiger partial charge on any atom is 0.269 e. The quantitative estimate of drug-likeness (QED) is 0.498. The predicted octanol–water partition coefficient (Wildman–Crippen LogP) is 3.44. The summed E-state index contributed by atoms with van der Waals surface area (Å²) in [6, 6.07) is 19.3. The number of hydrazine groups is 1. The molecule has 4 rings (SSSR count). The standard InChI is InChI=1S/C21H20N4O2S/c26-19(23-24-20(27)16-9-5-2-6-10-16)14-28-21-22-13-18(25(21)17-11-12-17)15-7-3-1-4-8-15/h1-10,13,17H,11-12,14H2,(H,23,26)(H,24,27). The van der Waals surface area contributed by atoms with Crippen LogP contribution in [-0.2, 0) is 4.79 Å². The number of rotatable bonds is 6. The topological polar surface area (TPSA) is 76.0 Å². The van der Waals surface area contributed by atoms with E-state index in [4.69, 9.17) is 0 Å². The van der Waals surface area contributed by atoms with Crippen LogP contribution in [-0.4, -0.2) is 27.1 Å². The minimum absolute atomic E-state index is 0.174. The number of imidazole rings is 1. The number of hydrogen-bond donors (Lipinski definition) is 2. The molecule has 2 amide bonds.